The first-order valence-electron chi connectivity index (χ1n) is 4.41. The van der Waals surface area contributed by atoms with Crippen molar-refractivity contribution in [3.63, 3.8) is 0 Å². The second-order valence-corrected chi connectivity index (χ2v) is 3.83. The second-order valence-electron chi connectivity index (χ2n) is 3.43. The van der Waals surface area contributed by atoms with Crippen molar-refractivity contribution in [3.8, 4) is 6.07 Å². The zero-order valence-corrected chi connectivity index (χ0v) is 9.39. The maximum atomic E-state index is 8.60. The van der Waals surface area contributed by atoms with Gasteiger partial charge in [-0.25, -0.2) is 0 Å². The SMILES string of the molecule is Cc1cc(C)c(N(C)CC#N)c(Cl)c1. The highest BCUT2D eigenvalue weighted by Gasteiger charge is 2.09. The fraction of sp³-hybridized carbons (Fsp3) is 0.364. The van der Waals surface area contributed by atoms with E-state index < -0.39 is 0 Å². The van der Waals surface area contributed by atoms with Gasteiger partial charge in [-0.1, -0.05) is 17.7 Å². The van der Waals surface area contributed by atoms with Gasteiger partial charge in [-0.05, 0) is 31.0 Å². The number of hydrogen-bond acceptors (Lipinski definition) is 2. The van der Waals surface area contributed by atoms with Gasteiger partial charge in [0.1, 0.15) is 6.54 Å². The summed E-state index contributed by atoms with van der Waals surface area (Å²) in [4.78, 5) is 1.86. The lowest BCUT2D eigenvalue weighted by Gasteiger charge is -2.20. The van der Waals surface area contributed by atoms with Crippen LogP contribution in [0.25, 0.3) is 0 Å². The number of rotatable bonds is 2. The van der Waals surface area contributed by atoms with Crippen LogP contribution in [0.2, 0.25) is 5.02 Å². The van der Waals surface area contributed by atoms with Gasteiger partial charge in [0.15, 0.2) is 0 Å². The summed E-state index contributed by atoms with van der Waals surface area (Å²) in [5, 5.41) is 9.31. The number of benzene rings is 1. The maximum absolute atomic E-state index is 8.60. The first-order valence-corrected chi connectivity index (χ1v) is 4.79. The number of nitriles is 1. The van der Waals surface area contributed by atoms with E-state index in [4.69, 9.17) is 16.9 Å². The van der Waals surface area contributed by atoms with Crippen molar-refractivity contribution in [2.45, 2.75) is 13.8 Å². The van der Waals surface area contributed by atoms with Gasteiger partial charge < -0.3 is 4.90 Å². The third-order valence-corrected chi connectivity index (χ3v) is 2.38. The average Bonchev–Trinajstić information content (AvgIpc) is 2.01. The Morgan fingerprint density at radius 2 is 2.07 bits per heavy atom. The molecule has 0 spiro atoms. The molecule has 0 heterocycles. The van der Waals surface area contributed by atoms with Gasteiger partial charge in [0.25, 0.3) is 0 Å². The van der Waals surface area contributed by atoms with E-state index in [-0.39, 0.29) is 0 Å². The zero-order valence-electron chi connectivity index (χ0n) is 8.63. The molecule has 0 aromatic heterocycles. The van der Waals surface area contributed by atoms with Crippen LogP contribution in [0.3, 0.4) is 0 Å². The average molecular weight is 209 g/mol. The van der Waals surface area contributed by atoms with Crippen LogP contribution in [0.15, 0.2) is 12.1 Å². The van der Waals surface area contributed by atoms with Gasteiger partial charge in [-0.3, -0.25) is 0 Å². The van der Waals surface area contributed by atoms with Crippen molar-refractivity contribution in [1.29, 1.82) is 5.26 Å². The number of aryl methyl sites for hydroxylation is 2. The van der Waals surface area contributed by atoms with E-state index in [1.807, 2.05) is 31.9 Å². The zero-order chi connectivity index (χ0) is 10.7. The summed E-state index contributed by atoms with van der Waals surface area (Å²) in [5.41, 5.74) is 3.19. The van der Waals surface area contributed by atoms with Crippen molar-refractivity contribution in [1.82, 2.24) is 0 Å². The standard InChI is InChI=1S/C11H13ClN2/c1-8-6-9(2)11(10(12)7-8)14(3)5-4-13/h6-7H,5H2,1-3H3. The van der Waals surface area contributed by atoms with Crippen LogP contribution in [-0.4, -0.2) is 13.6 Å². The highest BCUT2D eigenvalue weighted by Crippen LogP contribution is 2.29. The molecule has 2 nitrogen and oxygen atoms in total. The Kier molecular flexibility index (Phi) is 3.38. The first kappa shape index (κ1) is 10.9. The number of nitrogens with zero attached hydrogens (tertiary/aromatic N) is 2. The number of hydrogen-bond donors (Lipinski definition) is 0. The molecule has 14 heavy (non-hydrogen) atoms. The van der Waals surface area contributed by atoms with Crippen LogP contribution in [0.5, 0.6) is 0 Å². The summed E-state index contributed by atoms with van der Waals surface area (Å²) in [6.07, 6.45) is 0. The monoisotopic (exact) mass is 208 g/mol. The van der Waals surface area contributed by atoms with E-state index in [1.54, 1.807) is 0 Å². The molecule has 0 amide bonds. The molecule has 1 aromatic carbocycles. The summed E-state index contributed by atoms with van der Waals surface area (Å²) in [6.45, 7) is 4.36. The van der Waals surface area contributed by atoms with Gasteiger partial charge in [0, 0.05) is 7.05 Å². The fourth-order valence-electron chi connectivity index (χ4n) is 1.58. The third-order valence-electron chi connectivity index (χ3n) is 2.09. The van der Waals surface area contributed by atoms with E-state index in [2.05, 4.69) is 12.1 Å². The van der Waals surface area contributed by atoms with Crippen molar-refractivity contribution in [2.75, 3.05) is 18.5 Å². The number of anilines is 1. The minimum Gasteiger partial charge on any atom is -0.360 e. The minimum absolute atomic E-state index is 0.351. The minimum atomic E-state index is 0.351. The Morgan fingerprint density at radius 3 is 2.57 bits per heavy atom. The summed E-state index contributed by atoms with van der Waals surface area (Å²) in [7, 11) is 1.87. The lowest BCUT2D eigenvalue weighted by atomic mass is 10.1. The van der Waals surface area contributed by atoms with Gasteiger partial charge in [0.05, 0.1) is 16.8 Å². The molecule has 0 aliphatic carbocycles. The molecule has 0 fully saturated rings. The van der Waals surface area contributed by atoms with Crippen LogP contribution in [0.4, 0.5) is 5.69 Å². The topological polar surface area (TPSA) is 27.0 Å². The summed E-state index contributed by atoms with van der Waals surface area (Å²) in [6, 6.07) is 6.08. The third kappa shape index (κ3) is 2.18. The Balaban J connectivity index is 3.15. The molecule has 0 atom stereocenters. The number of halogens is 1. The van der Waals surface area contributed by atoms with E-state index in [0.29, 0.717) is 11.6 Å². The van der Waals surface area contributed by atoms with Crippen LogP contribution >= 0.6 is 11.6 Å². The molecule has 0 unspecified atom stereocenters. The molecular weight excluding hydrogens is 196 g/mol. The Hall–Kier alpha value is -1.20. The highest BCUT2D eigenvalue weighted by molar-refractivity contribution is 6.33. The molecule has 0 saturated heterocycles. The normalized spacial score (nSPS) is 9.64. The lowest BCUT2D eigenvalue weighted by molar-refractivity contribution is 1.03. The molecule has 1 rings (SSSR count). The van der Waals surface area contributed by atoms with Crippen molar-refractivity contribution in [3.05, 3.63) is 28.3 Å². The maximum Gasteiger partial charge on any atom is 0.105 e. The summed E-state index contributed by atoms with van der Waals surface area (Å²) in [5.74, 6) is 0. The first-order chi connectivity index (χ1) is 6.56. The molecule has 0 aliphatic heterocycles. The second kappa shape index (κ2) is 4.34. The molecule has 3 heteroatoms. The Labute approximate surface area is 89.7 Å². The van der Waals surface area contributed by atoms with Crippen molar-refractivity contribution >= 4 is 17.3 Å². The van der Waals surface area contributed by atoms with E-state index in [9.17, 15) is 0 Å². The molecule has 0 aliphatic rings. The predicted octanol–water partition coefficient (Wildman–Crippen LogP) is 2.92. The molecule has 1 aromatic rings. The van der Waals surface area contributed by atoms with Crippen LogP contribution in [0, 0.1) is 25.2 Å². The van der Waals surface area contributed by atoms with Gasteiger partial charge in [-0.2, -0.15) is 5.26 Å². The summed E-state index contributed by atoms with van der Waals surface area (Å²) >= 11 is 6.11. The van der Waals surface area contributed by atoms with Crippen molar-refractivity contribution < 1.29 is 0 Å². The van der Waals surface area contributed by atoms with Gasteiger partial charge in [0.2, 0.25) is 0 Å². The quantitative estimate of drug-likeness (QED) is 0.699. The van der Waals surface area contributed by atoms with E-state index >= 15 is 0 Å². The van der Waals surface area contributed by atoms with E-state index in [0.717, 1.165) is 16.8 Å². The van der Waals surface area contributed by atoms with Crippen LogP contribution < -0.4 is 4.90 Å². The lowest BCUT2D eigenvalue weighted by Crippen LogP contribution is -2.18. The Morgan fingerprint density at radius 1 is 1.43 bits per heavy atom. The fourth-order valence-corrected chi connectivity index (χ4v) is 2.04. The van der Waals surface area contributed by atoms with Crippen molar-refractivity contribution in [2.24, 2.45) is 0 Å². The molecule has 0 radical (unpaired) electrons. The molecule has 0 N–H and O–H groups in total. The van der Waals surface area contributed by atoms with Gasteiger partial charge >= 0.3 is 0 Å². The van der Waals surface area contributed by atoms with E-state index in [1.165, 1.54) is 0 Å². The van der Waals surface area contributed by atoms with Crippen LogP contribution in [0.1, 0.15) is 11.1 Å². The van der Waals surface area contributed by atoms with Gasteiger partial charge in [-0.15, -0.1) is 0 Å². The smallest absolute Gasteiger partial charge is 0.105 e. The predicted molar refractivity (Wildman–Crippen MR) is 59.8 cm³/mol. The summed E-state index contributed by atoms with van der Waals surface area (Å²) < 4.78 is 0. The Bertz CT molecular complexity index is 356. The van der Waals surface area contributed by atoms with Crippen LogP contribution in [-0.2, 0) is 0 Å². The highest BCUT2D eigenvalue weighted by atomic mass is 35.5. The molecule has 0 saturated carbocycles. The molecule has 74 valence electrons. The largest absolute Gasteiger partial charge is 0.360 e. The molecular formula is C11H13ClN2. The molecule has 0 bridgehead atoms.